The zero-order valence-electron chi connectivity index (χ0n) is 15.0. The number of hydrogen-bond donors (Lipinski definition) is 2. The number of nitrogens with zero attached hydrogens (tertiary/aromatic N) is 1. The van der Waals surface area contributed by atoms with Gasteiger partial charge in [0.25, 0.3) is 5.91 Å². The van der Waals surface area contributed by atoms with Gasteiger partial charge in [0.05, 0.1) is 5.39 Å². The summed E-state index contributed by atoms with van der Waals surface area (Å²) in [5.41, 5.74) is 0.239. The molecule has 1 aliphatic rings. The van der Waals surface area contributed by atoms with Crippen LogP contribution in [0, 0.1) is 5.82 Å². The van der Waals surface area contributed by atoms with Crippen LogP contribution in [0.25, 0.3) is 10.9 Å². The molecule has 1 atom stereocenters. The summed E-state index contributed by atoms with van der Waals surface area (Å²) >= 11 is 0. The van der Waals surface area contributed by atoms with Crippen LogP contribution in [0.4, 0.5) is 4.39 Å². The van der Waals surface area contributed by atoms with Crippen molar-refractivity contribution >= 4 is 16.8 Å². The van der Waals surface area contributed by atoms with E-state index in [4.69, 9.17) is 0 Å². The summed E-state index contributed by atoms with van der Waals surface area (Å²) in [4.78, 5) is 25.3. The van der Waals surface area contributed by atoms with E-state index < -0.39 is 17.2 Å². The Kier molecular flexibility index (Phi) is 4.26. The monoisotopic (exact) mass is 365 g/mol. The number of para-hydroxylation sites is 1. The highest BCUT2D eigenvalue weighted by atomic mass is 19.1. The van der Waals surface area contributed by atoms with E-state index in [2.05, 4.69) is 27.6 Å². The van der Waals surface area contributed by atoms with Crippen molar-refractivity contribution in [3.05, 3.63) is 75.8 Å². The summed E-state index contributed by atoms with van der Waals surface area (Å²) in [6.07, 6.45) is 3.06. The summed E-state index contributed by atoms with van der Waals surface area (Å²) in [6.45, 7) is 1.96. The van der Waals surface area contributed by atoms with Gasteiger partial charge >= 0.3 is 0 Å². The fourth-order valence-corrected chi connectivity index (χ4v) is 3.97. The number of hydrogen-bond acceptors (Lipinski definition) is 3. The molecule has 1 heterocycles. The Hall–Kier alpha value is -3.02. The Balaban J connectivity index is 1.64. The van der Waals surface area contributed by atoms with Gasteiger partial charge in [0.15, 0.2) is 5.69 Å². The maximum Gasteiger partial charge on any atom is 0.276 e. The van der Waals surface area contributed by atoms with Crippen LogP contribution in [0.5, 0.6) is 0 Å². The summed E-state index contributed by atoms with van der Waals surface area (Å²) in [7, 11) is 0. The van der Waals surface area contributed by atoms with E-state index in [0.717, 1.165) is 19.3 Å². The SMILES string of the molecule is CC(NC(=O)c1n[nH]c2c(F)cccc2c1=O)C1(c2ccccc2)CCC1. The van der Waals surface area contributed by atoms with E-state index in [1.54, 1.807) is 0 Å². The second-order valence-corrected chi connectivity index (χ2v) is 7.13. The highest BCUT2D eigenvalue weighted by Crippen LogP contribution is 2.46. The third kappa shape index (κ3) is 2.81. The number of rotatable bonds is 4. The Morgan fingerprint density at radius 3 is 2.59 bits per heavy atom. The van der Waals surface area contributed by atoms with E-state index in [9.17, 15) is 14.0 Å². The molecule has 0 aliphatic heterocycles. The minimum atomic E-state index is -0.574. The van der Waals surface area contributed by atoms with Crippen LogP contribution in [-0.2, 0) is 5.41 Å². The molecular formula is C21H20FN3O2. The molecule has 1 aliphatic carbocycles. The number of nitrogens with one attached hydrogen (secondary N) is 2. The van der Waals surface area contributed by atoms with E-state index >= 15 is 0 Å². The molecule has 6 heteroatoms. The molecular weight excluding hydrogens is 345 g/mol. The van der Waals surface area contributed by atoms with E-state index in [1.807, 2.05) is 25.1 Å². The number of benzene rings is 2. The summed E-state index contributed by atoms with van der Waals surface area (Å²) < 4.78 is 13.8. The van der Waals surface area contributed by atoms with Gasteiger partial charge in [-0.3, -0.25) is 14.7 Å². The minimum absolute atomic E-state index is 0.00634. The first kappa shape index (κ1) is 17.4. The van der Waals surface area contributed by atoms with Gasteiger partial charge in [0.1, 0.15) is 11.3 Å². The van der Waals surface area contributed by atoms with Crippen LogP contribution >= 0.6 is 0 Å². The lowest BCUT2D eigenvalue weighted by molar-refractivity contribution is 0.0874. The van der Waals surface area contributed by atoms with Crippen molar-refractivity contribution in [2.45, 2.75) is 37.6 Å². The largest absolute Gasteiger partial charge is 0.347 e. The smallest absolute Gasteiger partial charge is 0.276 e. The highest BCUT2D eigenvalue weighted by molar-refractivity contribution is 5.95. The first-order chi connectivity index (χ1) is 13.0. The van der Waals surface area contributed by atoms with Gasteiger partial charge in [-0.2, -0.15) is 5.10 Å². The molecule has 2 aromatic carbocycles. The van der Waals surface area contributed by atoms with Gasteiger partial charge in [-0.15, -0.1) is 0 Å². The summed E-state index contributed by atoms with van der Waals surface area (Å²) in [5.74, 6) is -1.12. The summed E-state index contributed by atoms with van der Waals surface area (Å²) in [5, 5.41) is 9.38. The molecule has 1 fully saturated rings. The quantitative estimate of drug-likeness (QED) is 0.745. The molecule has 2 N–H and O–H groups in total. The van der Waals surface area contributed by atoms with Gasteiger partial charge in [-0.25, -0.2) is 4.39 Å². The second-order valence-electron chi connectivity index (χ2n) is 7.13. The van der Waals surface area contributed by atoms with Crippen LogP contribution in [0.2, 0.25) is 0 Å². The van der Waals surface area contributed by atoms with Crippen molar-refractivity contribution in [3.8, 4) is 0 Å². The molecule has 1 amide bonds. The zero-order valence-corrected chi connectivity index (χ0v) is 15.0. The van der Waals surface area contributed by atoms with Crippen LogP contribution in [-0.4, -0.2) is 22.1 Å². The first-order valence-corrected chi connectivity index (χ1v) is 9.06. The molecule has 0 bridgehead atoms. The van der Waals surface area contributed by atoms with Gasteiger partial charge < -0.3 is 5.32 Å². The zero-order chi connectivity index (χ0) is 19.0. The topological polar surface area (TPSA) is 74.8 Å². The molecule has 138 valence electrons. The van der Waals surface area contributed by atoms with E-state index in [-0.39, 0.29) is 28.1 Å². The van der Waals surface area contributed by atoms with E-state index in [0.29, 0.717) is 0 Å². The van der Waals surface area contributed by atoms with Gasteiger partial charge in [-0.1, -0.05) is 42.8 Å². The third-order valence-corrected chi connectivity index (χ3v) is 5.74. The lowest BCUT2D eigenvalue weighted by Gasteiger charge is -2.47. The van der Waals surface area contributed by atoms with Crippen LogP contribution in [0.15, 0.2) is 53.3 Å². The molecule has 27 heavy (non-hydrogen) atoms. The number of carbonyl (C=O) groups excluding carboxylic acids is 1. The predicted molar refractivity (Wildman–Crippen MR) is 101 cm³/mol. The van der Waals surface area contributed by atoms with Gasteiger partial charge in [0.2, 0.25) is 5.43 Å². The van der Waals surface area contributed by atoms with Crippen molar-refractivity contribution in [1.29, 1.82) is 0 Å². The third-order valence-electron chi connectivity index (χ3n) is 5.74. The maximum atomic E-state index is 13.8. The minimum Gasteiger partial charge on any atom is -0.347 e. The lowest BCUT2D eigenvalue weighted by atomic mass is 9.60. The average molecular weight is 365 g/mol. The molecule has 0 saturated heterocycles. The normalized spacial score (nSPS) is 16.5. The standard InChI is InChI=1S/C21H20FN3O2/c1-13(21(11-6-12-21)14-7-3-2-4-8-14)23-20(27)18-19(26)15-9-5-10-16(22)17(15)24-25-18/h2-5,7-10,13H,6,11-12H2,1H3,(H,23,27)(H,24,26). The first-order valence-electron chi connectivity index (χ1n) is 9.06. The fraction of sp³-hybridized carbons (Fsp3) is 0.286. The van der Waals surface area contributed by atoms with Crippen molar-refractivity contribution in [1.82, 2.24) is 15.5 Å². The van der Waals surface area contributed by atoms with Gasteiger partial charge in [-0.05, 0) is 37.5 Å². The Bertz CT molecular complexity index is 1060. The summed E-state index contributed by atoms with van der Waals surface area (Å²) in [6, 6.07) is 14.1. The Morgan fingerprint density at radius 2 is 1.93 bits per heavy atom. The molecule has 1 aromatic heterocycles. The maximum absolute atomic E-state index is 13.8. The van der Waals surface area contributed by atoms with Crippen molar-refractivity contribution in [2.24, 2.45) is 0 Å². The number of H-pyrrole nitrogens is 1. The number of amides is 1. The van der Waals surface area contributed by atoms with Crippen molar-refractivity contribution < 1.29 is 9.18 Å². The van der Waals surface area contributed by atoms with Crippen LogP contribution in [0.3, 0.4) is 0 Å². The molecule has 4 rings (SSSR count). The number of aromatic nitrogens is 2. The Morgan fingerprint density at radius 1 is 1.19 bits per heavy atom. The number of halogens is 1. The molecule has 5 nitrogen and oxygen atoms in total. The number of carbonyl (C=O) groups is 1. The van der Waals surface area contributed by atoms with Crippen LogP contribution in [0.1, 0.15) is 42.2 Å². The molecule has 0 radical (unpaired) electrons. The molecule has 0 spiro atoms. The molecule has 1 unspecified atom stereocenters. The molecule has 3 aromatic rings. The fourth-order valence-electron chi connectivity index (χ4n) is 3.97. The lowest BCUT2D eigenvalue weighted by Crippen LogP contribution is -2.53. The average Bonchev–Trinajstić information content (AvgIpc) is 2.62. The van der Waals surface area contributed by atoms with Crippen molar-refractivity contribution in [2.75, 3.05) is 0 Å². The highest BCUT2D eigenvalue weighted by Gasteiger charge is 2.44. The van der Waals surface area contributed by atoms with Gasteiger partial charge in [0, 0.05) is 11.5 Å². The second kappa shape index (κ2) is 6.61. The number of aromatic amines is 1. The van der Waals surface area contributed by atoms with E-state index in [1.165, 1.54) is 23.8 Å². The molecule has 1 saturated carbocycles. The van der Waals surface area contributed by atoms with Crippen LogP contribution < -0.4 is 10.7 Å². The predicted octanol–water partition coefficient (Wildman–Crippen LogP) is 3.30. The Labute approximate surface area is 155 Å². The number of fused-ring (bicyclic) bond motifs is 1. The van der Waals surface area contributed by atoms with Crippen molar-refractivity contribution in [3.63, 3.8) is 0 Å².